The first-order valence-corrected chi connectivity index (χ1v) is 11.5. The van der Waals surface area contributed by atoms with Crippen molar-refractivity contribution in [1.29, 1.82) is 0 Å². The molecule has 3 aliphatic rings. The normalized spacial score (nSPS) is 21.9. The maximum absolute atomic E-state index is 12.6. The minimum atomic E-state index is -0.586. The molecular formula is C26H33N3O4. The van der Waals surface area contributed by atoms with Gasteiger partial charge in [-0.05, 0) is 87.7 Å². The third kappa shape index (κ3) is 5.47. The zero-order chi connectivity index (χ0) is 23.6. The van der Waals surface area contributed by atoms with Gasteiger partial charge in [0.05, 0.1) is 5.54 Å². The van der Waals surface area contributed by atoms with Crippen LogP contribution in [-0.4, -0.2) is 61.6 Å². The lowest BCUT2D eigenvalue weighted by molar-refractivity contribution is -0.0349. The molecule has 1 unspecified atom stereocenters. The van der Waals surface area contributed by atoms with Gasteiger partial charge in [-0.1, -0.05) is 12.1 Å². The van der Waals surface area contributed by atoms with Crippen LogP contribution in [0, 0.1) is 5.92 Å². The van der Waals surface area contributed by atoms with E-state index in [9.17, 15) is 9.59 Å². The number of fused-ring (bicyclic) bond motifs is 3. The second kappa shape index (κ2) is 9.43. The Morgan fingerprint density at radius 1 is 0.970 bits per heavy atom. The van der Waals surface area contributed by atoms with Gasteiger partial charge in [-0.15, -0.1) is 0 Å². The fraction of sp³-hybridized carbons (Fsp3) is 0.462. The molecule has 7 heteroatoms. The van der Waals surface area contributed by atoms with E-state index in [4.69, 9.17) is 9.47 Å². The molecule has 2 aromatic rings. The summed E-state index contributed by atoms with van der Waals surface area (Å²) in [5.74, 6) is 1.76. The second-order valence-corrected chi connectivity index (χ2v) is 9.68. The van der Waals surface area contributed by atoms with Crippen molar-refractivity contribution in [3.8, 4) is 11.5 Å². The average Bonchev–Trinajstić information content (AvgIpc) is 2.80. The molecule has 0 saturated carbocycles. The molecule has 0 radical (unpaired) electrons. The number of amides is 2. The van der Waals surface area contributed by atoms with Gasteiger partial charge >= 0.3 is 6.09 Å². The van der Waals surface area contributed by atoms with Crippen molar-refractivity contribution >= 4 is 12.0 Å². The Kier molecular flexibility index (Phi) is 6.61. The largest absolute Gasteiger partial charge is 0.457 e. The van der Waals surface area contributed by atoms with E-state index in [1.807, 2.05) is 38.1 Å². The number of rotatable bonds is 6. The lowest BCUT2D eigenvalue weighted by Gasteiger charge is -2.44. The molecule has 3 aliphatic heterocycles. The number of piperidine rings is 3. The quantitative estimate of drug-likeness (QED) is 0.712. The molecule has 3 heterocycles. The zero-order valence-corrected chi connectivity index (χ0v) is 19.8. The fourth-order valence-electron chi connectivity index (χ4n) is 4.54. The van der Waals surface area contributed by atoms with Gasteiger partial charge in [0.1, 0.15) is 17.6 Å². The van der Waals surface area contributed by atoms with Crippen molar-refractivity contribution < 1.29 is 19.1 Å². The first-order chi connectivity index (χ1) is 15.7. The number of carbonyl (C=O) groups is 2. The van der Waals surface area contributed by atoms with E-state index in [2.05, 4.69) is 10.2 Å². The molecule has 7 nitrogen and oxygen atoms in total. The van der Waals surface area contributed by atoms with E-state index < -0.39 is 5.54 Å². The molecule has 0 spiro atoms. The van der Waals surface area contributed by atoms with Crippen LogP contribution < -0.4 is 10.1 Å². The van der Waals surface area contributed by atoms with E-state index in [1.165, 1.54) is 4.90 Å². The van der Waals surface area contributed by atoms with Crippen molar-refractivity contribution in [3.05, 3.63) is 59.7 Å². The number of nitrogens with one attached hydrogen (secondary N) is 1. The molecule has 176 valence electrons. The molecule has 1 atom stereocenters. The van der Waals surface area contributed by atoms with Crippen molar-refractivity contribution in [2.45, 2.75) is 38.3 Å². The molecule has 33 heavy (non-hydrogen) atoms. The highest BCUT2D eigenvalue weighted by molar-refractivity contribution is 5.93. The van der Waals surface area contributed by atoms with Crippen LogP contribution in [0.3, 0.4) is 0 Å². The van der Waals surface area contributed by atoms with Gasteiger partial charge in [-0.25, -0.2) is 4.79 Å². The number of nitrogens with zero attached hydrogens (tertiary/aromatic N) is 2. The summed E-state index contributed by atoms with van der Waals surface area (Å²) in [5.41, 5.74) is 0.978. The smallest absolute Gasteiger partial charge is 0.408 e. The van der Waals surface area contributed by atoms with Gasteiger partial charge in [-0.3, -0.25) is 9.69 Å². The molecule has 3 saturated heterocycles. The van der Waals surface area contributed by atoms with Gasteiger partial charge in [0, 0.05) is 26.2 Å². The highest BCUT2D eigenvalue weighted by Crippen LogP contribution is 2.30. The van der Waals surface area contributed by atoms with Gasteiger partial charge in [0.2, 0.25) is 0 Å². The minimum absolute atomic E-state index is 0.0153. The summed E-state index contributed by atoms with van der Waals surface area (Å²) in [7, 11) is 3.45. The number of alkyl carbamates (subject to hydrolysis) is 1. The van der Waals surface area contributed by atoms with Gasteiger partial charge in [-0.2, -0.15) is 0 Å². The van der Waals surface area contributed by atoms with Gasteiger partial charge in [0.25, 0.3) is 5.91 Å². The maximum Gasteiger partial charge on any atom is 0.408 e. The van der Waals surface area contributed by atoms with Gasteiger partial charge < -0.3 is 19.7 Å². The Labute approximate surface area is 195 Å². The van der Waals surface area contributed by atoms with E-state index in [0.29, 0.717) is 23.0 Å². The number of ether oxygens (including phenoxy) is 2. The molecular weight excluding hydrogens is 418 g/mol. The summed E-state index contributed by atoms with van der Waals surface area (Å²) in [6, 6.07) is 14.7. The van der Waals surface area contributed by atoms with E-state index in [-0.39, 0.29) is 18.1 Å². The van der Waals surface area contributed by atoms with E-state index >= 15 is 0 Å². The molecule has 1 N–H and O–H groups in total. The molecule has 5 rings (SSSR count). The van der Waals surface area contributed by atoms with Crippen LogP contribution in [0.5, 0.6) is 11.5 Å². The molecule has 2 aromatic carbocycles. The summed E-state index contributed by atoms with van der Waals surface area (Å²) < 4.78 is 11.7. The average molecular weight is 452 g/mol. The summed E-state index contributed by atoms with van der Waals surface area (Å²) >= 11 is 0. The number of carbonyl (C=O) groups excluding carboxylic acids is 2. The molecule has 0 aliphatic carbocycles. The molecule has 0 aromatic heterocycles. The molecule has 3 fully saturated rings. The summed E-state index contributed by atoms with van der Waals surface area (Å²) in [6.45, 7) is 6.99. The van der Waals surface area contributed by atoms with Crippen LogP contribution >= 0.6 is 0 Å². The van der Waals surface area contributed by atoms with Crippen LogP contribution in [0.25, 0.3) is 0 Å². The molecule has 2 bridgehead atoms. The predicted octanol–water partition coefficient (Wildman–Crippen LogP) is 4.24. The van der Waals surface area contributed by atoms with Gasteiger partial charge in [0.15, 0.2) is 0 Å². The van der Waals surface area contributed by atoms with Crippen molar-refractivity contribution in [1.82, 2.24) is 15.1 Å². The maximum atomic E-state index is 12.6. The van der Waals surface area contributed by atoms with Crippen molar-refractivity contribution in [2.75, 3.05) is 33.7 Å². The van der Waals surface area contributed by atoms with Crippen LogP contribution in [0.2, 0.25) is 0 Å². The Bertz CT molecular complexity index is 978. The number of benzene rings is 2. The Balaban J connectivity index is 1.33. The Hall–Kier alpha value is -3.06. The first kappa shape index (κ1) is 23.1. The van der Waals surface area contributed by atoms with E-state index in [1.54, 1.807) is 38.4 Å². The van der Waals surface area contributed by atoms with E-state index in [0.717, 1.165) is 38.0 Å². The van der Waals surface area contributed by atoms with Crippen LogP contribution in [-0.2, 0) is 10.3 Å². The SMILES string of the molecule is CN(C)C(=O)c1ccc(Oc2ccc(C(C)(C)NC(=O)OC3CN4CCC3CC4)cc2)cc1. The number of hydrogen-bond acceptors (Lipinski definition) is 5. The van der Waals surface area contributed by atoms with Crippen molar-refractivity contribution in [3.63, 3.8) is 0 Å². The Morgan fingerprint density at radius 2 is 1.55 bits per heavy atom. The summed E-state index contributed by atoms with van der Waals surface area (Å²) in [5, 5.41) is 3.02. The summed E-state index contributed by atoms with van der Waals surface area (Å²) in [4.78, 5) is 28.5. The monoisotopic (exact) mass is 451 g/mol. The minimum Gasteiger partial charge on any atom is -0.457 e. The third-order valence-electron chi connectivity index (χ3n) is 6.59. The highest BCUT2D eigenvalue weighted by Gasteiger charge is 2.37. The predicted molar refractivity (Wildman–Crippen MR) is 127 cm³/mol. The third-order valence-corrected chi connectivity index (χ3v) is 6.59. The van der Waals surface area contributed by atoms with Crippen LogP contribution in [0.15, 0.2) is 48.5 Å². The lowest BCUT2D eigenvalue weighted by Crippen LogP contribution is -2.53. The number of hydrogen-bond donors (Lipinski definition) is 1. The highest BCUT2D eigenvalue weighted by atomic mass is 16.6. The van der Waals surface area contributed by atoms with Crippen LogP contribution in [0.1, 0.15) is 42.6 Å². The van der Waals surface area contributed by atoms with Crippen LogP contribution in [0.4, 0.5) is 4.79 Å². The topological polar surface area (TPSA) is 71.1 Å². The first-order valence-electron chi connectivity index (χ1n) is 11.5. The lowest BCUT2D eigenvalue weighted by atomic mass is 9.86. The summed E-state index contributed by atoms with van der Waals surface area (Å²) in [6.07, 6.45) is 1.83. The zero-order valence-electron chi connectivity index (χ0n) is 19.8. The standard InChI is InChI=1S/C26H33N3O4/c1-26(2,27-25(31)33-23-17-29-15-13-18(23)14-16-29)20-7-11-22(12-8-20)32-21-9-5-19(6-10-21)24(30)28(3)4/h5-12,18,23H,13-17H2,1-4H3,(H,27,31). The van der Waals surface area contributed by atoms with Crippen molar-refractivity contribution in [2.24, 2.45) is 5.92 Å². The molecule has 2 amide bonds. The second-order valence-electron chi connectivity index (χ2n) is 9.68. The fourth-order valence-corrected chi connectivity index (χ4v) is 4.54. The Morgan fingerprint density at radius 3 is 2.06 bits per heavy atom.